The van der Waals surface area contributed by atoms with Crippen LogP contribution in [0.2, 0.25) is 0 Å². The highest BCUT2D eigenvalue weighted by Crippen LogP contribution is 2.30. The molecule has 4 aromatic carbocycles. The van der Waals surface area contributed by atoms with Crippen LogP contribution in [-0.4, -0.2) is 0 Å². The first-order chi connectivity index (χ1) is 15.2. The molecule has 0 aliphatic heterocycles. The molecule has 164 valence electrons. The van der Waals surface area contributed by atoms with Gasteiger partial charge in [-0.1, -0.05) is 30.3 Å². The van der Waals surface area contributed by atoms with E-state index in [1.807, 2.05) is 61.5 Å². The molecule has 4 rings (SSSR count). The summed E-state index contributed by atoms with van der Waals surface area (Å²) in [4.78, 5) is 0. The minimum absolute atomic E-state index is 0.786. The molecule has 0 saturated carbocycles. The van der Waals surface area contributed by atoms with Gasteiger partial charge in [-0.05, 0) is 115 Å². The van der Waals surface area contributed by atoms with Crippen molar-refractivity contribution in [3.8, 4) is 22.3 Å². The fraction of sp³-hybridized carbons (Fsp3) is 0.143. The summed E-state index contributed by atoms with van der Waals surface area (Å²) in [6.45, 7) is 8.28. The maximum Gasteiger partial charge on any atom is 0.0346 e. The molecule has 0 aliphatic rings. The molecule has 0 spiro atoms. The van der Waals surface area contributed by atoms with Crippen molar-refractivity contribution in [2.75, 3.05) is 22.9 Å². The first-order valence-electron chi connectivity index (χ1n) is 10.6. The van der Waals surface area contributed by atoms with Gasteiger partial charge in [-0.2, -0.15) is 0 Å². The van der Waals surface area contributed by atoms with Crippen molar-refractivity contribution in [1.29, 1.82) is 0 Å². The number of hydrogen-bond donors (Lipinski definition) is 4. The van der Waals surface area contributed by atoms with Gasteiger partial charge in [0.25, 0.3) is 0 Å². The number of hydrogen-bond acceptors (Lipinski definition) is 4. The minimum Gasteiger partial charge on any atom is -0.399 e. The molecule has 0 aromatic heterocycles. The fourth-order valence-electron chi connectivity index (χ4n) is 3.80. The highest BCUT2D eigenvalue weighted by atomic mass is 14.6. The summed E-state index contributed by atoms with van der Waals surface area (Å²) in [5.41, 5.74) is 35.8. The second-order valence-corrected chi connectivity index (χ2v) is 8.22. The lowest BCUT2D eigenvalue weighted by Gasteiger charge is -2.11. The molecule has 4 aromatic rings. The van der Waals surface area contributed by atoms with Crippen LogP contribution < -0.4 is 22.9 Å². The van der Waals surface area contributed by atoms with Crippen LogP contribution in [0, 0.1) is 27.7 Å². The summed E-state index contributed by atoms with van der Waals surface area (Å²) >= 11 is 0. The maximum atomic E-state index is 5.87. The number of anilines is 4. The SMILES string of the molecule is Cc1c(N)ccc(-c2ccc(N)cc2)c1C.Cc1cc(N)ccc1-c1ccc(N)cc1C. The smallest absolute Gasteiger partial charge is 0.0346 e. The molecule has 32 heavy (non-hydrogen) atoms. The van der Waals surface area contributed by atoms with E-state index in [4.69, 9.17) is 22.9 Å². The van der Waals surface area contributed by atoms with E-state index >= 15 is 0 Å². The summed E-state index contributed by atoms with van der Waals surface area (Å²) in [7, 11) is 0. The third-order valence-corrected chi connectivity index (χ3v) is 5.84. The van der Waals surface area contributed by atoms with Crippen LogP contribution in [0.3, 0.4) is 0 Å². The van der Waals surface area contributed by atoms with Crippen LogP contribution >= 0.6 is 0 Å². The third kappa shape index (κ3) is 5.03. The van der Waals surface area contributed by atoms with Crippen LogP contribution in [0.15, 0.2) is 72.8 Å². The van der Waals surface area contributed by atoms with Crippen LogP contribution in [0.1, 0.15) is 22.3 Å². The molecule has 0 fully saturated rings. The average molecular weight is 425 g/mol. The lowest BCUT2D eigenvalue weighted by molar-refractivity contribution is 1.34. The normalized spacial score (nSPS) is 10.4. The Labute approximate surface area is 190 Å². The number of nitrogen functional groups attached to an aromatic ring is 4. The van der Waals surface area contributed by atoms with Gasteiger partial charge in [-0.15, -0.1) is 0 Å². The highest BCUT2D eigenvalue weighted by molar-refractivity contribution is 5.74. The molecule has 4 nitrogen and oxygen atoms in total. The van der Waals surface area contributed by atoms with Gasteiger partial charge in [0.1, 0.15) is 0 Å². The second kappa shape index (κ2) is 9.48. The zero-order valence-corrected chi connectivity index (χ0v) is 19.2. The Morgan fingerprint density at radius 1 is 0.438 bits per heavy atom. The average Bonchev–Trinajstić information content (AvgIpc) is 2.74. The topological polar surface area (TPSA) is 104 Å². The van der Waals surface area contributed by atoms with Crippen LogP contribution in [-0.2, 0) is 0 Å². The molecule has 0 bridgehead atoms. The van der Waals surface area contributed by atoms with Crippen LogP contribution in [0.4, 0.5) is 22.7 Å². The van der Waals surface area contributed by atoms with Gasteiger partial charge in [-0.25, -0.2) is 0 Å². The van der Waals surface area contributed by atoms with Crippen molar-refractivity contribution in [2.24, 2.45) is 0 Å². The van der Waals surface area contributed by atoms with Crippen LogP contribution in [0.25, 0.3) is 22.3 Å². The molecule has 0 aliphatic carbocycles. The maximum absolute atomic E-state index is 5.87. The quantitative estimate of drug-likeness (QED) is 0.285. The van der Waals surface area contributed by atoms with Crippen molar-refractivity contribution in [3.63, 3.8) is 0 Å². The van der Waals surface area contributed by atoms with E-state index in [1.54, 1.807) is 0 Å². The molecule has 0 atom stereocenters. The summed E-state index contributed by atoms with van der Waals surface area (Å²) in [6, 6.07) is 23.9. The third-order valence-electron chi connectivity index (χ3n) is 5.84. The van der Waals surface area contributed by atoms with Gasteiger partial charge in [0, 0.05) is 22.7 Å². The van der Waals surface area contributed by atoms with Gasteiger partial charge >= 0.3 is 0 Å². The molecule has 0 unspecified atom stereocenters. The van der Waals surface area contributed by atoms with Crippen molar-refractivity contribution in [3.05, 3.63) is 95.1 Å². The Kier molecular flexibility index (Phi) is 6.74. The molecule has 4 heteroatoms. The zero-order chi connectivity index (χ0) is 23.4. The standard InChI is InChI=1S/2C14H16N2/c1-9-7-11(15)3-5-13(9)14-6-4-12(16)8-10(14)2;1-9-10(2)14(16)8-7-13(9)11-3-5-12(15)6-4-11/h2*3-8H,15-16H2,1-2H3. The van der Waals surface area contributed by atoms with Gasteiger partial charge < -0.3 is 22.9 Å². The van der Waals surface area contributed by atoms with Crippen molar-refractivity contribution in [1.82, 2.24) is 0 Å². The number of benzene rings is 4. The summed E-state index contributed by atoms with van der Waals surface area (Å²) in [6.07, 6.45) is 0. The summed E-state index contributed by atoms with van der Waals surface area (Å²) in [5, 5.41) is 0. The van der Waals surface area contributed by atoms with E-state index in [-0.39, 0.29) is 0 Å². The van der Waals surface area contributed by atoms with E-state index in [9.17, 15) is 0 Å². The van der Waals surface area contributed by atoms with E-state index in [1.165, 1.54) is 38.9 Å². The van der Waals surface area contributed by atoms with Crippen molar-refractivity contribution < 1.29 is 0 Å². The minimum atomic E-state index is 0.786. The lowest BCUT2D eigenvalue weighted by atomic mass is 9.96. The first-order valence-corrected chi connectivity index (χ1v) is 10.6. The van der Waals surface area contributed by atoms with Gasteiger partial charge in [0.2, 0.25) is 0 Å². The predicted octanol–water partition coefficient (Wildman–Crippen LogP) is 6.27. The second-order valence-electron chi connectivity index (χ2n) is 8.22. The number of nitrogens with two attached hydrogens (primary N) is 4. The Bertz CT molecular complexity index is 1190. The largest absolute Gasteiger partial charge is 0.399 e. The fourth-order valence-corrected chi connectivity index (χ4v) is 3.80. The number of aryl methyl sites for hydroxylation is 2. The Hall–Kier alpha value is -3.92. The lowest BCUT2D eigenvalue weighted by Crippen LogP contribution is -1.94. The predicted molar refractivity (Wildman–Crippen MR) is 140 cm³/mol. The summed E-state index contributed by atoms with van der Waals surface area (Å²) < 4.78 is 0. The molecule has 0 radical (unpaired) electrons. The van der Waals surface area contributed by atoms with E-state index in [0.29, 0.717) is 0 Å². The van der Waals surface area contributed by atoms with Gasteiger partial charge in [-0.3, -0.25) is 0 Å². The molecular formula is C28H32N4. The number of rotatable bonds is 2. The van der Waals surface area contributed by atoms with Crippen molar-refractivity contribution in [2.45, 2.75) is 27.7 Å². The Balaban J connectivity index is 0.000000181. The molecule has 0 amide bonds. The monoisotopic (exact) mass is 424 g/mol. The van der Waals surface area contributed by atoms with Crippen LogP contribution in [0.5, 0.6) is 0 Å². The highest BCUT2D eigenvalue weighted by Gasteiger charge is 2.06. The molecule has 0 heterocycles. The Morgan fingerprint density at radius 2 is 0.875 bits per heavy atom. The van der Waals surface area contributed by atoms with E-state index in [2.05, 4.69) is 39.0 Å². The molecule has 8 N–H and O–H groups in total. The molecular weight excluding hydrogens is 392 g/mol. The Morgan fingerprint density at radius 3 is 1.34 bits per heavy atom. The zero-order valence-electron chi connectivity index (χ0n) is 19.2. The van der Waals surface area contributed by atoms with Gasteiger partial charge in [0.05, 0.1) is 0 Å². The van der Waals surface area contributed by atoms with E-state index < -0.39 is 0 Å². The molecule has 0 saturated heterocycles. The van der Waals surface area contributed by atoms with Gasteiger partial charge in [0.15, 0.2) is 0 Å². The summed E-state index contributed by atoms with van der Waals surface area (Å²) in [5.74, 6) is 0. The first kappa shape index (κ1) is 22.8. The van der Waals surface area contributed by atoms with Crippen molar-refractivity contribution >= 4 is 22.7 Å². The van der Waals surface area contributed by atoms with E-state index in [0.717, 1.165) is 28.3 Å².